The Bertz CT molecular complexity index is 779. The van der Waals surface area contributed by atoms with E-state index in [4.69, 9.17) is 4.74 Å². The Labute approximate surface area is 243 Å². The minimum atomic E-state index is 0.757. The average molecular weight is 535 g/mol. The Morgan fingerprint density at radius 3 is 1.77 bits per heavy atom. The molecule has 0 amide bonds. The first kappa shape index (κ1) is 32.0. The van der Waals surface area contributed by atoms with Crippen molar-refractivity contribution in [1.82, 2.24) is 0 Å². The Kier molecular flexibility index (Phi) is 16.7. The van der Waals surface area contributed by atoms with Crippen molar-refractivity contribution in [3.05, 3.63) is 48.1 Å². The number of benzene rings is 1. The summed E-state index contributed by atoms with van der Waals surface area (Å²) in [6, 6.07) is 8.81. The molecule has 0 radical (unpaired) electrons. The van der Waals surface area contributed by atoms with E-state index in [1.807, 2.05) is 0 Å². The minimum absolute atomic E-state index is 0.757. The van der Waals surface area contributed by atoms with Crippen LogP contribution in [0.15, 0.2) is 42.5 Å². The molecule has 1 atom stereocenters. The molecular formula is C38H62O. The van der Waals surface area contributed by atoms with Gasteiger partial charge in [0.15, 0.2) is 0 Å². The Morgan fingerprint density at radius 1 is 0.641 bits per heavy atom. The highest BCUT2D eigenvalue weighted by molar-refractivity contribution is 5.75. The second-order valence-corrected chi connectivity index (χ2v) is 12.8. The fraction of sp³-hybridized carbons (Fsp3) is 0.737. The van der Waals surface area contributed by atoms with Gasteiger partial charge in [-0.3, -0.25) is 0 Å². The Morgan fingerprint density at radius 2 is 1.21 bits per heavy atom. The van der Waals surface area contributed by atoms with Gasteiger partial charge in [0, 0.05) is 0 Å². The Hall–Kier alpha value is -1.50. The fourth-order valence-corrected chi connectivity index (χ4v) is 6.84. The van der Waals surface area contributed by atoms with E-state index >= 15 is 0 Å². The zero-order chi connectivity index (χ0) is 27.4. The van der Waals surface area contributed by atoms with E-state index in [0.29, 0.717) is 0 Å². The van der Waals surface area contributed by atoms with E-state index < -0.39 is 0 Å². The summed E-state index contributed by atoms with van der Waals surface area (Å²) in [6.07, 6.45) is 38.3. The minimum Gasteiger partial charge on any atom is -0.494 e. The number of allylic oxidation sites excluding steroid dienone is 4. The molecule has 1 saturated carbocycles. The summed E-state index contributed by atoms with van der Waals surface area (Å²) in [5, 5.41) is 0. The molecule has 2 aliphatic rings. The molecular weight excluding hydrogens is 472 g/mol. The Balaban J connectivity index is 1.24. The molecule has 0 aliphatic heterocycles. The van der Waals surface area contributed by atoms with Gasteiger partial charge in [0.25, 0.3) is 0 Å². The predicted octanol–water partition coefficient (Wildman–Crippen LogP) is 12.5. The van der Waals surface area contributed by atoms with Crippen LogP contribution in [0.4, 0.5) is 0 Å². The van der Waals surface area contributed by atoms with Crippen LogP contribution < -0.4 is 4.74 Å². The second kappa shape index (κ2) is 20.4. The average Bonchev–Trinajstić information content (AvgIpc) is 2.98. The third kappa shape index (κ3) is 13.1. The highest BCUT2D eigenvalue weighted by atomic mass is 16.5. The molecule has 39 heavy (non-hydrogen) atoms. The van der Waals surface area contributed by atoms with Crippen molar-refractivity contribution < 1.29 is 4.74 Å². The molecule has 220 valence electrons. The van der Waals surface area contributed by atoms with Crippen LogP contribution in [0.1, 0.15) is 161 Å². The van der Waals surface area contributed by atoms with Gasteiger partial charge in [0.1, 0.15) is 5.75 Å². The van der Waals surface area contributed by atoms with Crippen molar-refractivity contribution in [2.24, 2.45) is 17.8 Å². The van der Waals surface area contributed by atoms with Gasteiger partial charge in [-0.2, -0.15) is 0 Å². The second-order valence-electron chi connectivity index (χ2n) is 12.8. The highest BCUT2D eigenvalue weighted by Crippen LogP contribution is 2.39. The fourth-order valence-electron chi connectivity index (χ4n) is 6.84. The zero-order valence-corrected chi connectivity index (χ0v) is 25.9. The van der Waals surface area contributed by atoms with Crippen molar-refractivity contribution >= 4 is 5.57 Å². The van der Waals surface area contributed by atoms with Crippen LogP contribution in [0.25, 0.3) is 5.57 Å². The quantitative estimate of drug-likeness (QED) is 0.142. The van der Waals surface area contributed by atoms with Crippen molar-refractivity contribution in [2.45, 2.75) is 155 Å². The lowest BCUT2D eigenvalue weighted by Gasteiger charge is -2.33. The van der Waals surface area contributed by atoms with Crippen LogP contribution in [0.5, 0.6) is 5.75 Å². The van der Waals surface area contributed by atoms with E-state index in [9.17, 15) is 0 Å². The van der Waals surface area contributed by atoms with Gasteiger partial charge < -0.3 is 4.74 Å². The normalized spacial score (nSPS) is 21.2. The molecule has 0 spiro atoms. The van der Waals surface area contributed by atoms with E-state index in [2.05, 4.69) is 56.3 Å². The SMILES string of the molecule is CCCCCCCCCCOc1ccc(C2=CCC([C@H]3CC[C@H](CCCCCCCCCC)CC3)C=C2)cc1. The zero-order valence-electron chi connectivity index (χ0n) is 25.9. The molecule has 1 heteroatoms. The van der Waals surface area contributed by atoms with Gasteiger partial charge in [0.2, 0.25) is 0 Å². The monoisotopic (exact) mass is 534 g/mol. The van der Waals surface area contributed by atoms with Gasteiger partial charge in [-0.25, -0.2) is 0 Å². The first-order valence-electron chi connectivity index (χ1n) is 17.4. The van der Waals surface area contributed by atoms with Crippen LogP contribution >= 0.6 is 0 Å². The van der Waals surface area contributed by atoms with Crippen molar-refractivity contribution in [3.63, 3.8) is 0 Å². The summed E-state index contributed by atoms with van der Waals surface area (Å²) >= 11 is 0. The van der Waals surface area contributed by atoms with Crippen LogP contribution in [-0.2, 0) is 0 Å². The maximum absolute atomic E-state index is 6.02. The lowest BCUT2D eigenvalue weighted by Crippen LogP contribution is -2.21. The molecule has 1 nitrogen and oxygen atoms in total. The van der Waals surface area contributed by atoms with Gasteiger partial charge in [0.05, 0.1) is 6.61 Å². The number of unbranched alkanes of at least 4 members (excludes halogenated alkanes) is 14. The van der Waals surface area contributed by atoms with Gasteiger partial charge >= 0.3 is 0 Å². The third-order valence-electron chi connectivity index (χ3n) is 9.55. The van der Waals surface area contributed by atoms with Crippen molar-refractivity contribution in [3.8, 4) is 5.75 Å². The summed E-state index contributed by atoms with van der Waals surface area (Å²) in [4.78, 5) is 0. The van der Waals surface area contributed by atoms with Crippen molar-refractivity contribution in [1.29, 1.82) is 0 Å². The largest absolute Gasteiger partial charge is 0.494 e. The number of hydrogen-bond donors (Lipinski definition) is 0. The topological polar surface area (TPSA) is 9.23 Å². The maximum atomic E-state index is 6.02. The first-order chi connectivity index (χ1) is 19.3. The number of ether oxygens (including phenoxy) is 1. The van der Waals surface area contributed by atoms with Crippen molar-refractivity contribution in [2.75, 3.05) is 6.61 Å². The van der Waals surface area contributed by atoms with Crippen LogP contribution in [0, 0.1) is 17.8 Å². The molecule has 2 aliphatic carbocycles. The molecule has 0 aromatic heterocycles. The van der Waals surface area contributed by atoms with E-state index in [0.717, 1.165) is 30.1 Å². The standard InChI is InChI=1S/C38H62O/c1-3-5-7-9-11-13-15-17-19-33-20-22-34(23-21-33)35-24-26-36(27-25-35)37-28-30-38(31-29-37)39-32-18-16-14-12-10-8-6-4-2/h24,26-31,33-35H,3-23,25,32H2,1-2H3/t33-,34-,35?. The van der Waals surface area contributed by atoms with Gasteiger partial charge in [-0.15, -0.1) is 0 Å². The van der Waals surface area contributed by atoms with Gasteiger partial charge in [-0.05, 0) is 66.7 Å². The van der Waals surface area contributed by atoms with E-state index in [-0.39, 0.29) is 0 Å². The molecule has 0 N–H and O–H groups in total. The van der Waals surface area contributed by atoms with E-state index in [1.165, 1.54) is 152 Å². The molecule has 1 aromatic rings. The maximum Gasteiger partial charge on any atom is 0.119 e. The lowest BCUT2D eigenvalue weighted by molar-refractivity contribution is 0.218. The summed E-state index contributed by atoms with van der Waals surface area (Å²) in [7, 11) is 0. The van der Waals surface area contributed by atoms with Gasteiger partial charge in [-0.1, -0.05) is 160 Å². The smallest absolute Gasteiger partial charge is 0.119 e. The van der Waals surface area contributed by atoms with Crippen LogP contribution in [0.2, 0.25) is 0 Å². The molecule has 3 rings (SSSR count). The molecule has 1 aromatic carbocycles. The summed E-state index contributed by atoms with van der Waals surface area (Å²) in [6.45, 7) is 5.44. The molecule has 0 heterocycles. The predicted molar refractivity (Wildman–Crippen MR) is 172 cm³/mol. The number of hydrogen-bond acceptors (Lipinski definition) is 1. The summed E-state index contributed by atoms with van der Waals surface area (Å²) < 4.78 is 6.02. The van der Waals surface area contributed by atoms with E-state index in [1.54, 1.807) is 0 Å². The molecule has 0 saturated heterocycles. The molecule has 1 fully saturated rings. The molecule has 1 unspecified atom stereocenters. The highest BCUT2D eigenvalue weighted by Gasteiger charge is 2.26. The molecule has 0 bridgehead atoms. The van der Waals surface area contributed by atoms with Crippen LogP contribution in [0.3, 0.4) is 0 Å². The number of rotatable bonds is 21. The third-order valence-corrected chi connectivity index (χ3v) is 9.55. The first-order valence-corrected chi connectivity index (χ1v) is 17.4. The summed E-state index contributed by atoms with van der Waals surface area (Å²) in [5.41, 5.74) is 2.72. The lowest BCUT2D eigenvalue weighted by atomic mass is 9.72. The van der Waals surface area contributed by atoms with Crippen LogP contribution in [-0.4, -0.2) is 6.61 Å². The summed E-state index contributed by atoms with van der Waals surface area (Å²) in [5.74, 6) is 3.69.